The van der Waals surface area contributed by atoms with E-state index in [0.29, 0.717) is 32.1 Å². The number of rotatable bonds is 6. The Kier molecular flexibility index (Phi) is 13.3. The van der Waals surface area contributed by atoms with Crippen molar-refractivity contribution in [3.63, 3.8) is 0 Å². The third-order valence-corrected chi connectivity index (χ3v) is 4.71. The molecule has 0 saturated carbocycles. The molecule has 1 aliphatic heterocycles. The first-order valence-electron chi connectivity index (χ1n) is 11.2. The van der Waals surface area contributed by atoms with Crippen LogP contribution in [0.1, 0.15) is 61.3 Å². The van der Waals surface area contributed by atoms with Crippen molar-refractivity contribution in [3.8, 4) is 0 Å². The van der Waals surface area contributed by atoms with Crippen LogP contribution in [0.2, 0.25) is 0 Å². The van der Waals surface area contributed by atoms with Crippen molar-refractivity contribution < 1.29 is 19.1 Å². The van der Waals surface area contributed by atoms with E-state index in [4.69, 9.17) is 9.47 Å². The van der Waals surface area contributed by atoms with Gasteiger partial charge in [0.25, 0.3) is 0 Å². The quantitative estimate of drug-likeness (QED) is 0.220. The molecular weight excluding hydrogens is 525 g/mol. The lowest BCUT2D eigenvalue weighted by Crippen LogP contribution is -2.49. The highest BCUT2D eigenvalue weighted by Crippen LogP contribution is 2.20. The van der Waals surface area contributed by atoms with Crippen LogP contribution in [0.25, 0.3) is 0 Å². The molecule has 1 saturated heterocycles. The summed E-state index contributed by atoms with van der Waals surface area (Å²) in [4.78, 5) is 32.5. The Morgan fingerprint density at radius 3 is 2.00 bits per heavy atom. The Hall–Kier alpha value is -1.46. The van der Waals surface area contributed by atoms with Crippen molar-refractivity contribution in [2.45, 2.75) is 72.5 Å². The summed E-state index contributed by atoms with van der Waals surface area (Å²) in [6, 6.07) is 0. The van der Waals surface area contributed by atoms with Crippen molar-refractivity contribution in [1.29, 1.82) is 0 Å². The third-order valence-electron chi connectivity index (χ3n) is 4.71. The van der Waals surface area contributed by atoms with Gasteiger partial charge in [-0.05, 0) is 67.2 Å². The molecule has 32 heavy (non-hydrogen) atoms. The molecule has 0 radical (unpaired) electrons. The highest BCUT2D eigenvalue weighted by Gasteiger charge is 2.27. The van der Waals surface area contributed by atoms with Crippen molar-refractivity contribution >= 4 is 42.1 Å². The SMILES string of the molecule is CCN(CC1CCN(C(=NC)NCCNC(=O)OC(C)(C)C)CC1)C(=O)OC(C)(C)C.I. The van der Waals surface area contributed by atoms with Gasteiger partial charge in [-0.15, -0.1) is 24.0 Å². The number of hydrogen-bond acceptors (Lipinski definition) is 5. The number of ether oxygens (including phenoxy) is 2. The van der Waals surface area contributed by atoms with Gasteiger partial charge in [0, 0.05) is 46.3 Å². The maximum atomic E-state index is 12.4. The standard InChI is InChI=1S/C22H43N5O4.HI/c1-9-26(20(29)31-22(5,6)7)16-17-10-14-27(15-11-17)18(23-8)24-12-13-25-19(28)30-21(2,3)4;/h17H,9-16H2,1-8H3,(H,23,24)(H,25,28);1H. The monoisotopic (exact) mass is 569 g/mol. The van der Waals surface area contributed by atoms with Gasteiger partial charge in [0.05, 0.1) is 0 Å². The van der Waals surface area contributed by atoms with E-state index in [-0.39, 0.29) is 30.1 Å². The van der Waals surface area contributed by atoms with Crippen LogP contribution in [0.3, 0.4) is 0 Å². The molecule has 1 heterocycles. The van der Waals surface area contributed by atoms with Crippen LogP contribution in [-0.4, -0.2) is 85.5 Å². The van der Waals surface area contributed by atoms with Crippen LogP contribution in [0.15, 0.2) is 4.99 Å². The van der Waals surface area contributed by atoms with E-state index in [9.17, 15) is 9.59 Å². The first kappa shape index (κ1) is 30.5. The first-order chi connectivity index (χ1) is 14.3. The molecule has 0 atom stereocenters. The van der Waals surface area contributed by atoms with E-state index in [2.05, 4.69) is 20.5 Å². The molecule has 0 aromatic heterocycles. The lowest BCUT2D eigenvalue weighted by molar-refractivity contribution is 0.0213. The predicted octanol–water partition coefficient (Wildman–Crippen LogP) is 3.67. The molecule has 2 N–H and O–H groups in total. The second kappa shape index (κ2) is 13.9. The van der Waals surface area contributed by atoms with Crippen molar-refractivity contribution in [2.75, 3.05) is 46.3 Å². The Labute approximate surface area is 211 Å². The van der Waals surface area contributed by atoms with Crippen LogP contribution in [-0.2, 0) is 9.47 Å². The molecule has 0 aromatic rings. The van der Waals surface area contributed by atoms with Gasteiger partial charge < -0.3 is 29.9 Å². The zero-order chi connectivity index (χ0) is 23.7. The number of nitrogens with zero attached hydrogens (tertiary/aromatic N) is 3. The molecule has 0 aliphatic carbocycles. The maximum Gasteiger partial charge on any atom is 0.410 e. The third kappa shape index (κ3) is 12.5. The number of likely N-dealkylation sites (tertiary alicyclic amines) is 1. The number of aliphatic imine (C=N–C) groups is 1. The average Bonchev–Trinajstić information content (AvgIpc) is 2.64. The fourth-order valence-electron chi connectivity index (χ4n) is 3.28. The second-order valence-corrected chi connectivity index (χ2v) is 9.85. The summed E-state index contributed by atoms with van der Waals surface area (Å²) in [6.07, 6.45) is 1.30. The van der Waals surface area contributed by atoms with Crippen LogP contribution >= 0.6 is 24.0 Å². The van der Waals surface area contributed by atoms with Gasteiger partial charge in [-0.1, -0.05) is 0 Å². The van der Waals surface area contributed by atoms with Crippen molar-refractivity contribution in [2.24, 2.45) is 10.9 Å². The summed E-state index contributed by atoms with van der Waals surface area (Å²) >= 11 is 0. The smallest absolute Gasteiger partial charge is 0.410 e. The molecule has 0 aromatic carbocycles. The molecule has 1 fully saturated rings. The summed E-state index contributed by atoms with van der Waals surface area (Å²) in [5, 5.41) is 6.03. The number of nitrogens with one attached hydrogen (secondary N) is 2. The fraction of sp³-hybridized carbons (Fsp3) is 0.864. The second-order valence-electron chi connectivity index (χ2n) is 9.85. The molecule has 10 heteroatoms. The van der Waals surface area contributed by atoms with E-state index in [1.165, 1.54) is 0 Å². The number of carbonyl (C=O) groups is 2. The summed E-state index contributed by atoms with van der Waals surface area (Å²) in [5.74, 6) is 1.26. The van der Waals surface area contributed by atoms with E-state index < -0.39 is 17.3 Å². The van der Waals surface area contributed by atoms with Gasteiger partial charge in [0.1, 0.15) is 11.2 Å². The highest BCUT2D eigenvalue weighted by molar-refractivity contribution is 14.0. The molecule has 1 rings (SSSR count). The topological polar surface area (TPSA) is 95.5 Å². The Morgan fingerprint density at radius 2 is 1.53 bits per heavy atom. The van der Waals surface area contributed by atoms with Gasteiger partial charge in [-0.25, -0.2) is 9.59 Å². The minimum Gasteiger partial charge on any atom is -0.444 e. The zero-order valence-electron chi connectivity index (χ0n) is 21.1. The molecule has 0 unspecified atom stereocenters. The van der Waals surface area contributed by atoms with E-state index >= 15 is 0 Å². The largest absolute Gasteiger partial charge is 0.444 e. The lowest BCUT2D eigenvalue weighted by Gasteiger charge is -2.36. The van der Waals surface area contributed by atoms with Crippen LogP contribution in [0, 0.1) is 5.92 Å². The highest BCUT2D eigenvalue weighted by atomic mass is 127. The van der Waals surface area contributed by atoms with Gasteiger partial charge in [0.2, 0.25) is 0 Å². The molecule has 1 aliphatic rings. The number of halogens is 1. The number of alkyl carbamates (subject to hydrolysis) is 1. The van der Waals surface area contributed by atoms with E-state index in [1.54, 1.807) is 11.9 Å². The van der Waals surface area contributed by atoms with Gasteiger partial charge in [-0.3, -0.25) is 4.99 Å². The Balaban J connectivity index is 0.00000961. The van der Waals surface area contributed by atoms with Crippen molar-refractivity contribution in [3.05, 3.63) is 0 Å². The van der Waals surface area contributed by atoms with Crippen LogP contribution in [0.5, 0.6) is 0 Å². The Morgan fingerprint density at radius 1 is 1.00 bits per heavy atom. The summed E-state index contributed by atoms with van der Waals surface area (Å²) in [5.41, 5.74) is -0.987. The predicted molar refractivity (Wildman–Crippen MR) is 139 cm³/mol. The first-order valence-corrected chi connectivity index (χ1v) is 11.2. The Bertz CT molecular complexity index is 608. The number of hydrogen-bond donors (Lipinski definition) is 2. The zero-order valence-corrected chi connectivity index (χ0v) is 23.4. The molecule has 0 bridgehead atoms. The van der Waals surface area contributed by atoms with Crippen molar-refractivity contribution in [1.82, 2.24) is 20.4 Å². The number of carbonyl (C=O) groups excluding carboxylic acids is 2. The van der Waals surface area contributed by atoms with E-state index in [0.717, 1.165) is 31.9 Å². The van der Waals surface area contributed by atoms with Crippen LogP contribution in [0.4, 0.5) is 9.59 Å². The molecule has 2 amide bonds. The number of amides is 2. The summed E-state index contributed by atoms with van der Waals surface area (Å²) in [6.45, 7) is 17.3. The number of guanidine groups is 1. The van der Waals surface area contributed by atoms with Gasteiger partial charge >= 0.3 is 12.2 Å². The lowest BCUT2D eigenvalue weighted by atomic mass is 9.96. The van der Waals surface area contributed by atoms with Crippen LogP contribution < -0.4 is 10.6 Å². The number of piperidine rings is 1. The maximum absolute atomic E-state index is 12.4. The fourth-order valence-corrected chi connectivity index (χ4v) is 3.28. The van der Waals surface area contributed by atoms with Gasteiger partial charge in [-0.2, -0.15) is 0 Å². The minimum atomic E-state index is -0.505. The molecule has 9 nitrogen and oxygen atoms in total. The molecule has 0 spiro atoms. The molecule has 188 valence electrons. The summed E-state index contributed by atoms with van der Waals surface area (Å²) < 4.78 is 10.7. The van der Waals surface area contributed by atoms with E-state index in [1.807, 2.05) is 48.5 Å². The minimum absolute atomic E-state index is 0. The molecular formula is C22H44IN5O4. The summed E-state index contributed by atoms with van der Waals surface area (Å²) in [7, 11) is 1.76. The van der Waals surface area contributed by atoms with Gasteiger partial charge in [0.15, 0.2) is 5.96 Å². The normalized spacial score (nSPS) is 15.5. The average molecular weight is 570 g/mol.